The molecule has 0 spiro atoms. The molecule has 16 aromatic carbocycles. The third-order valence-electron chi connectivity index (χ3n) is 24.0. The van der Waals surface area contributed by atoms with Crippen LogP contribution in [-0.4, -0.2) is 73.1 Å². The summed E-state index contributed by atoms with van der Waals surface area (Å²) < 4.78 is 27.5. The molecule has 15 nitrogen and oxygen atoms in total. The minimum Gasteiger partial charge on any atom is -0.456 e. The van der Waals surface area contributed by atoms with Crippen LogP contribution in [0.15, 0.2) is 432 Å². The van der Waals surface area contributed by atoms with Crippen molar-refractivity contribution >= 4 is 72.4 Å². The van der Waals surface area contributed by atoms with E-state index in [2.05, 4.69) is 188 Å². The lowest BCUT2D eigenvalue weighted by atomic mass is 9.73. The van der Waals surface area contributed by atoms with Crippen LogP contribution in [0.4, 0.5) is 0 Å². The van der Waals surface area contributed by atoms with Crippen LogP contribution in [0.3, 0.4) is 0 Å². The van der Waals surface area contributed by atoms with Crippen molar-refractivity contribution in [2.45, 2.75) is 38.9 Å². The fourth-order valence-electron chi connectivity index (χ4n) is 16.5. The van der Waals surface area contributed by atoms with E-state index in [0.717, 1.165) is 165 Å². The zero-order valence-corrected chi connectivity index (χ0v) is 73.9. The smallest absolute Gasteiger partial charge is 0.456 e. The Morgan fingerprint density at radius 2 is 0.455 bits per heavy atom. The summed E-state index contributed by atoms with van der Waals surface area (Å²) in [7, 11) is -0.594. The highest BCUT2D eigenvalue weighted by atomic mass is 79.9. The molecule has 17 heteroatoms. The number of halogens is 1. The molecule has 1 aliphatic heterocycles. The van der Waals surface area contributed by atoms with Gasteiger partial charge in [-0.05, 0) is 98.0 Å². The summed E-state index contributed by atoms with van der Waals surface area (Å²) in [6, 6.07) is 141. The average molecular weight is 1770 g/mol. The van der Waals surface area contributed by atoms with Gasteiger partial charge in [-0.2, -0.15) is 0 Å². The number of nitrogens with zero attached hydrogens (tertiary/aromatic N) is 11. The molecular formula is C115H81BBrN11O4. The summed E-state index contributed by atoms with van der Waals surface area (Å²) in [5.41, 5.74) is 22.5. The molecule has 1 fully saturated rings. The normalized spacial score (nSPS) is 12.6. The van der Waals surface area contributed by atoms with Gasteiger partial charge in [-0.3, -0.25) is 0 Å². The second-order valence-corrected chi connectivity index (χ2v) is 34.0. The van der Waals surface area contributed by atoms with Gasteiger partial charge in [0.05, 0.1) is 22.6 Å². The van der Waals surface area contributed by atoms with Crippen molar-refractivity contribution in [3.05, 3.63) is 423 Å². The zero-order valence-electron chi connectivity index (χ0n) is 72.3. The van der Waals surface area contributed by atoms with Crippen LogP contribution in [-0.2, 0) is 9.31 Å². The zero-order chi connectivity index (χ0) is 89.1. The Morgan fingerprint density at radius 1 is 0.212 bits per heavy atom. The Balaban J connectivity index is 0.000000130. The summed E-state index contributed by atoms with van der Waals surface area (Å²) in [6.07, 6.45) is 0. The topological polar surface area (TPSA) is 187 Å². The van der Waals surface area contributed by atoms with E-state index in [9.17, 15) is 0 Å². The van der Waals surface area contributed by atoms with Gasteiger partial charge in [0, 0.05) is 104 Å². The maximum Gasteiger partial charge on any atom is 0.499 e. The van der Waals surface area contributed by atoms with Crippen molar-refractivity contribution < 1.29 is 18.1 Å². The molecule has 0 radical (unpaired) electrons. The predicted molar refractivity (Wildman–Crippen MR) is 535 cm³/mol. The van der Waals surface area contributed by atoms with Gasteiger partial charge >= 0.3 is 7.12 Å². The third-order valence-corrected chi connectivity index (χ3v) is 24.6. The molecule has 0 N–H and O–H groups in total. The van der Waals surface area contributed by atoms with Gasteiger partial charge in [0.15, 0.2) is 58.2 Å². The third kappa shape index (κ3) is 17.1. The fourth-order valence-corrected chi connectivity index (χ4v) is 16.7. The highest BCUT2D eigenvalue weighted by Gasteiger charge is 2.53. The quantitative estimate of drug-likeness (QED) is 0.0831. The molecule has 7 heterocycles. The molecule has 1 aliphatic rings. The minimum absolute atomic E-state index is 0.495. The standard InChI is InChI=1S/C54H34N6O.C40H33BN2O3.C21H14BrN3/c1-5-15-37(16-6-1)49-55-50(38-17-7-2-8-18-38)58-53(57-49)41-29-25-35(26-30-41)43-33-34-45-44-23-13-14-24-46(44)61-48(45)47(43)36-27-31-42(32-28-36)54-59-51(39-19-9-3-10-20-39)56-52(60-54)40-21-11-4-12-22-40;1-39(2)40(3,4)46-41(45-39)36-30(23-24-32-31-17-11-12-18-35(31)44-37(32)36)26-19-21-29(22-20-26)38-42-33(27-13-7-5-8-14-27)25-34(43-38)28-15-9-6-10-16-28;22-18-13-11-17(12-14-18)21-24-19(15-7-3-1-4-8-15)23-20(25-21)16-9-5-2-6-10-16/h1-34H;5-25H,1-4H3;1-14H. The molecule has 0 amide bonds. The number of hydrogen-bond donors (Lipinski definition) is 0. The maximum absolute atomic E-state index is 6.69. The average Bonchev–Trinajstić information content (AvgIpc) is 1.57. The highest BCUT2D eigenvalue weighted by molar-refractivity contribution is 9.10. The summed E-state index contributed by atoms with van der Waals surface area (Å²) in [5.74, 6) is 6.38. The molecule has 0 aliphatic carbocycles. The number of fused-ring (bicyclic) bond motifs is 6. The SMILES string of the molecule is Brc1ccc(-c2nc(-c3ccccc3)nc(-c3ccccc3)n2)cc1.CC1(C)OB(c2c(-c3ccc(-c4nc(-c5ccccc5)cc(-c5ccccc5)n4)cc3)ccc3c2oc2ccccc23)OC1(C)C.c1ccc(-c2nc(-c3ccccc3)nc(-c3ccc(-c4ccc5c(oc6ccccc65)c4-c4ccc(-c5nc(-c6ccccc6)nc(-c6ccccc6)n5)cc4)cc3)n2)cc1. The molecule has 0 bridgehead atoms. The van der Waals surface area contributed by atoms with E-state index >= 15 is 0 Å². The Bertz CT molecular complexity index is 7670. The van der Waals surface area contributed by atoms with E-state index in [0.29, 0.717) is 58.2 Å². The Hall–Kier alpha value is -16.3. The molecule has 22 aromatic rings. The van der Waals surface area contributed by atoms with Crippen molar-refractivity contribution in [3.63, 3.8) is 0 Å². The van der Waals surface area contributed by atoms with Crippen LogP contribution in [0.5, 0.6) is 0 Å². The molecule has 0 saturated carbocycles. The Labute approximate surface area is 771 Å². The fraction of sp³-hybridized carbons (Fsp3) is 0.0522. The van der Waals surface area contributed by atoms with Crippen LogP contribution in [0.2, 0.25) is 0 Å². The number of furan rings is 2. The minimum atomic E-state index is -0.594. The second-order valence-electron chi connectivity index (χ2n) is 33.1. The van der Waals surface area contributed by atoms with E-state index < -0.39 is 18.3 Å². The van der Waals surface area contributed by atoms with Gasteiger partial charge in [0.1, 0.15) is 22.3 Å². The predicted octanol–water partition coefficient (Wildman–Crippen LogP) is 28.3. The molecule has 1 saturated heterocycles. The van der Waals surface area contributed by atoms with E-state index in [-0.39, 0.29) is 0 Å². The van der Waals surface area contributed by atoms with Crippen molar-refractivity contribution in [2.75, 3.05) is 0 Å². The number of rotatable bonds is 16. The number of para-hydroxylation sites is 2. The van der Waals surface area contributed by atoms with E-state index in [4.69, 9.17) is 68.0 Å². The lowest BCUT2D eigenvalue weighted by molar-refractivity contribution is 0.00578. The highest BCUT2D eigenvalue weighted by Crippen LogP contribution is 2.45. The van der Waals surface area contributed by atoms with Gasteiger partial charge < -0.3 is 18.1 Å². The molecular weight excluding hydrogens is 1690 g/mol. The van der Waals surface area contributed by atoms with Gasteiger partial charge in [0.2, 0.25) is 0 Å². The first-order chi connectivity index (χ1) is 64.8. The molecule has 630 valence electrons. The van der Waals surface area contributed by atoms with Crippen LogP contribution in [0.1, 0.15) is 27.7 Å². The lowest BCUT2D eigenvalue weighted by Gasteiger charge is -2.32. The maximum atomic E-state index is 6.69. The molecule has 0 atom stereocenters. The first kappa shape index (κ1) is 82.7. The van der Waals surface area contributed by atoms with Crippen LogP contribution in [0.25, 0.3) is 214 Å². The van der Waals surface area contributed by atoms with Gasteiger partial charge in [-0.15, -0.1) is 0 Å². The van der Waals surface area contributed by atoms with Crippen molar-refractivity contribution in [2.24, 2.45) is 0 Å². The Morgan fingerprint density at radius 3 is 0.788 bits per heavy atom. The molecule has 0 unspecified atom stereocenters. The number of benzene rings is 16. The van der Waals surface area contributed by atoms with Gasteiger partial charge in [-0.25, -0.2) is 54.8 Å². The summed E-state index contributed by atoms with van der Waals surface area (Å²) in [4.78, 5) is 53.7. The summed E-state index contributed by atoms with van der Waals surface area (Å²) in [5, 5.41) is 4.24. The molecule has 23 rings (SSSR count). The van der Waals surface area contributed by atoms with Crippen molar-refractivity contribution in [1.82, 2.24) is 54.8 Å². The monoisotopic (exact) mass is 1770 g/mol. The molecule has 132 heavy (non-hydrogen) atoms. The van der Waals surface area contributed by atoms with Gasteiger partial charge in [-0.1, -0.05) is 392 Å². The first-order valence-corrected chi connectivity index (χ1v) is 44.5. The van der Waals surface area contributed by atoms with Crippen LogP contribution in [0, 0.1) is 0 Å². The second kappa shape index (κ2) is 36.1. The van der Waals surface area contributed by atoms with Gasteiger partial charge in [0.25, 0.3) is 0 Å². The van der Waals surface area contributed by atoms with Crippen LogP contribution >= 0.6 is 15.9 Å². The van der Waals surface area contributed by atoms with E-state index in [1.54, 1.807) is 0 Å². The summed E-state index contributed by atoms with van der Waals surface area (Å²) in [6.45, 7) is 8.31. The van der Waals surface area contributed by atoms with E-state index in [1.807, 2.05) is 279 Å². The van der Waals surface area contributed by atoms with Crippen molar-refractivity contribution in [1.29, 1.82) is 0 Å². The number of hydrogen-bond acceptors (Lipinski definition) is 15. The Kier molecular flexibility index (Phi) is 22.6. The van der Waals surface area contributed by atoms with E-state index in [1.165, 1.54) is 0 Å². The largest absolute Gasteiger partial charge is 0.499 e. The summed E-state index contributed by atoms with van der Waals surface area (Å²) >= 11 is 3.47. The van der Waals surface area contributed by atoms with Crippen LogP contribution < -0.4 is 5.46 Å². The lowest BCUT2D eigenvalue weighted by Crippen LogP contribution is -2.41. The molecule has 6 aromatic heterocycles. The first-order valence-electron chi connectivity index (χ1n) is 43.7. The number of aromatic nitrogens is 11. The van der Waals surface area contributed by atoms with Crippen molar-refractivity contribution in [3.8, 4) is 170 Å².